The molecule has 2 rings (SSSR count). The van der Waals surface area contributed by atoms with Crippen LogP contribution in [0.25, 0.3) is 0 Å². The van der Waals surface area contributed by atoms with Crippen molar-refractivity contribution in [2.24, 2.45) is 7.05 Å². The van der Waals surface area contributed by atoms with Crippen molar-refractivity contribution in [2.75, 3.05) is 14.2 Å². The lowest BCUT2D eigenvalue weighted by Gasteiger charge is -2.12. The van der Waals surface area contributed by atoms with Gasteiger partial charge in [-0.05, 0) is 24.6 Å². The van der Waals surface area contributed by atoms with E-state index in [1.54, 1.807) is 37.1 Å². The number of methoxy groups -OCH3 is 2. The first-order chi connectivity index (χ1) is 10.1. The van der Waals surface area contributed by atoms with E-state index in [-0.39, 0.29) is 12.2 Å². The fraction of sp³-hybridized carbons (Fsp3) is 0.375. The molecule has 21 heavy (non-hydrogen) atoms. The van der Waals surface area contributed by atoms with Gasteiger partial charge in [-0.2, -0.15) is 5.10 Å². The first-order valence-corrected chi connectivity index (χ1v) is 6.86. The molecule has 0 fully saturated rings. The largest absolute Gasteiger partial charge is 0.496 e. The highest BCUT2D eigenvalue weighted by atomic mass is 16.5. The van der Waals surface area contributed by atoms with E-state index >= 15 is 0 Å². The van der Waals surface area contributed by atoms with Crippen molar-refractivity contribution in [3.05, 3.63) is 41.2 Å². The Bertz CT molecular complexity index is 625. The number of ketones is 1. The van der Waals surface area contributed by atoms with Gasteiger partial charge in [0.1, 0.15) is 17.1 Å². The van der Waals surface area contributed by atoms with Gasteiger partial charge in [-0.1, -0.05) is 13.0 Å². The molecule has 0 radical (unpaired) electrons. The molecule has 1 aromatic carbocycles. The Balaban J connectivity index is 2.33. The Morgan fingerprint density at radius 3 is 2.33 bits per heavy atom. The molecule has 2 aromatic rings. The molecule has 0 unspecified atom stereocenters. The molecule has 0 aliphatic heterocycles. The third kappa shape index (κ3) is 3.07. The smallest absolute Gasteiger partial charge is 0.176 e. The number of ether oxygens (including phenoxy) is 2. The normalized spacial score (nSPS) is 10.5. The van der Waals surface area contributed by atoms with E-state index in [2.05, 4.69) is 5.10 Å². The molecule has 5 heteroatoms. The maximum Gasteiger partial charge on any atom is 0.176 e. The lowest BCUT2D eigenvalue weighted by Crippen LogP contribution is -2.10. The lowest BCUT2D eigenvalue weighted by molar-refractivity contribution is 0.0984. The zero-order chi connectivity index (χ0) is 15.4. The van der Waals surface area contributed by atoms with Gasteiger partial charge in [0.05, 0.1) is 26.3 Å². The zero-order valence-corrected chi connectivity index (χ0v) is 12.8. The monoisotopic (exact) mass is 288 g/mol. The Morgan fingerprint density at radius 2 is 1.86 bits per heavy atom. The van der Waals surface area contributed by atoms with Gasteiger partial charge in [-0.3, -0.25) is 9.48 Å². The van der Waals surface area contributed by atoms with Gasteiger partial charge in [0.15, 0.2) is 5.78 Å². The van der Waals surface area contributed by atoms with Crippen molar-refractivity contribution < 1.29 is 14.3 Å². The summed E-state index contributed by atoms with van der Waals surface area (Å²) in [6.45, 7) is 2.04. The molecule has 0 aliphatic carbocycles. The Hall–Kier alpha value is -2.30. The predicted molar refractivity (Wildman–Crippen MR) is 80.2 cm³/mol. The van der Waals surface area contributed by atoms with E-state index in [0.717, 1.165) is 17.8 Å². The van der Waals surface area contributed by atoms with Gasteiger partial charge in [0, 0.05) is 12.7 Å². The van der Waals surface area contributed by atoms with Crippen LogP contribution in [0.4, 0.5) is 0 Å². The molecule has 112 valence electrons. The van der Waals surface area contributed by atoms with Crippen LogP contribution in [0, 0.1) is 0 Å². The predicted octanol–water partition coefficient (Wildman–Crippen LogP) is 2.43. The van der Waals surface area contributed by atoms with Crippen molar-refractivity contribution in [1.29, 1.82) is 0 Å². The van der Waals surface area contributed by atoms with Crippen LogP contribution in [0.5, 0.6) is 11.5 Å². The molecular formula is C16H20N2O3. The van der Waals surface area contributed by atoms with E-state index in [0.29, 0.717) is 17.1 Å². The molecule has 0 amide bonds. The minimum atomic E-state index is -0.0463. The second-order valence-corrected chi connectivity index (χ2v) is 4.74. The summed E-state index contributed by atoms with van der Waals surface area (Å²) in [7, 11) is 4.94. The average molecular weight is 288 g/mol. The van der Waals surface area contributed by atoms with Gasteiger partial charge in [0.2, 0.25) is 0 Å². The van der Waals surface area contributed by atoms with E-state index in [9.17, 15) is 4.79 Å². The third-order valence-corrected chi connectivity index (χ3v) is 3.44. The summed E-state index contributed by atoms with van der Waals surface area (Å²) >= 11 is 0. The standard InChI is InChI=1S/C16H20N2O3/c1-5-11-9-12(18(2)17-11)10-13(19)16-14(20-3)7-6-8-15(16)21-4/h6-9H,5,10H2,1-4H3. The maximum absolute atomic E-state index is 12.6. The van der Waals surface area contributed by atoms with E-state index < -0.39 is 0 Å². The fourth-order valence-corrected chi connectivity index (χ4v) is 2.29. The molecule has 0 aliphatic rings. The minimum absolute atomic E-state index is 0.0463. The van der Waals surface area contributed by atoms with Gasteiger partial charge in [-0.15, -0.1) is 0 Å². The SMILES string of the molecule is CCc1cc(CC(=O)c2c(OC)cccc2OC)n(C)n1. The second kappa shape index (κ2) is 6.43. The molecular weight excluding hydrogens is 268 g/mol. The van der Waals surface area contributed by atoms with Crippen molar-refractivity contribution in [3.8, 4) is 11.5 Å². The Morgan fingerprint density at radius 1 is 1.24 bits per heavy atom. The van der Waals surface area contributed by atoms with Gasteiger partial charge in [0.25, 0.3) is 0 Å². The number of aryl methyl sites for hydroxylation is 2. The van der Waals surface area contributed by atoms with Crippen LogP contribution in [-0.4, -0.2) is 29.8 Å². The summed E-state index contributed by atoms with van der Waals surface area (Å²) in [6.07, 6.45) is 1.11. The van der Waals surface area contributed by atoms with Gasteiger partial charge in [-0.25, -0.2) is 0 Å². The molecule has 0 bridgehead atoms. The first kappa shape index (κ1) is 15.1. The van der Waals surface area contributed by atoms with Crippen LogP contribution in [-0.2, 0) is 19.9 Å². The average Bonchev–Trinajstić information content (AvgIpc) is 2.86. The van der Waals surface area contributed by atoms with Crippen LogP contribution in [0.3, 0.4) is 0 Å². The highest BCUT2D eigenvalue weighted by Gasteiger charge is 2.19. The lowest BCUT2D eigenvalue weighted by atomic mass is 10.0. The summed E-state index contributed by atoms with van der Waals surface area (Å²) in [5, 5.41) is 4.36. The van der Waals surface area contributed by atoms with Gasteiger partial charge < -0.3 is 9.47 Å². The van der Waals surface area contributed by atoms with E-state index in [4.69, 9.17) is 9.47 Å². The number of nitrogens with zero attached hydrogens (tertiary/aromatic N) is 2. The number of hydrogen-bond acceptors (Lipinski definition) is 4. The second-order valence-electron chi connectivity index (χ2n) is 4.74. The van der Waals surface area contributed by atoms with Crippen LogP contribution in [0.15, 0.2) is 24.3 Å². The maximum atomic E-state index is 12.6. The number of hydrogen-bond donors (Lipinski definition) is 0. The quantitative estimate of drug-likeness (QED) is 0.766. The number of aromatic nitrogens is 2. The zero-order valence-electron chi connectivity index (χ0n) is 12.8. The van der Waals surface area contributed by atoms with E-state index in [1.165, 1.54) is 0 Å². The summed E-state index contributed by atoms with van der Waals surface area (Å²) in [6, 6.07) is 7.28. The fourth-order valence-electron chi connectivity index (χ4n) is 2.29. The summed E-state index contributed by atoms with van der Waals surface area (Å²) < 4.78 is 12.3. The molecule has 0 atom stereocenters. The van der Waals surface area contributed by atoms with Gasteiger partial charge >= 0.3 is 0 Å². The number of carbonyl (C=O) groups excluding carboxylic acids is 1. The number of Topliss-reactive ketones (excluding diaryl/α,β-unsaturated/α-hetero) is 1. The molecule has 5 nitrogen and oxygen atoms in total. The topological polar surface area (TPSA) is 53.4 Å². The Labute approximate surface area is 124 Å². The van der Waals surface area contributed by atoms with Crippen molar-refractivity contribution >= 4 is 5.78 Å². The number of rotatable bonds is 6. The third-order valence-electron chi connectivity index (χ3n) is 3.44. The van der Waals surface area contributed by atoms with Crippen LogP contribution >= 0.6 is 0 Å². The minimum Gasteiger partial charge on any atom is -0.496 e. The number of benzene rings is 1. The van der Waals surface area contributed by atoms with Crippen LogP contribution in [0.1, 0.15) is 28.7 Å². The molecule has 1 heterocycles. The van der Waals surface area contributed by atoms with Crippen molar-refractivity contribution in [1.82, 2.24) is 9.78 Å². The highest BCUT2D eigenvalue weighted by molar-refractivity contribution is 6.02. The highest BCUT2D eigenvalue weighted by Crippen LogP contribution is 2.29. The molecule has 0 spiro atoms. The molecule has 1 aromatic heterocycles. The summed E-state index contributed by atoms with van der Waals surface area (Å²) in [5.74, 6) is 1.00. The van der Waals surface area contributed by atoms with Crippen LogP contribution < -0.4 is 9.47 Å². The van der Waals surface area contributed by atoms with Crippen molar-refractivity contribution in [3.63, 3.8) is 0 Å². The molecule has 0 N–H and O–H groups in total. The Kier molecular flexibility index (Phi) is 4.62. The summed E-state index contributed by atoms with van der Waals surface area (Å²) in [4.78, 5) is 12.6. The van der Waals surface area contributed by atoms with Crippen molar-refractivity contribution in [2.45, 2.75) is 19.8 Å². The molecule has 0 saturated carbocycles. The number of carbonyl (C=O) groups is 1. The molecule has 0 saturated heterocycles. The first-order valence-electron chi connectivity index (χ1n) is 6.86. The van der Waals surface area contributed by atoms with Crippen LogP contribution in [0.2, 0.25) is 0 Å². The van der Waals surface area contributed by atoms with E-state index in [1.807, 2.05) is 20.0 Å². The summed E-state index contributed by atoms with van der Waals surface area (Å²) in [5.41, 5.74) is 2.33.